The van der Waals surface area contributed by atoms with Gasteiger partial charge in [0.25, 0.3) is 11.6 Å². The van der Waals surface area contributed by atoms with Crippen molar-refractivity contribution in [1.29, 1.82) is 0 Å². The molecular formula is C16H22ClN3O3. The van der Waals surface area contributed by atoms with Gasteiger partial charge in [-0.15, -0.1) is 12.4 Å². The quantitative estimate of drug-likeness (QED) is 0.678. The number of nitrogens with zero attached hydrogens (tertiary/aromatic N) is 2. The maximum absolute atomic E-state index is 12.6. The zero-order valence-electron chi connectivity index (χ0n) is 12.9. The first-order valence-electron chi connectivity index (χ1n) is 7.93. The standard InChI is InChI=1S/C16H21N3O3.ClH/c20-16(13-4-1-2-6-15(13)19(21)22)18-10-7-12(8-11-18)14-5-3-9-17-14;/h1-2,4,6,12,14,17H,3,5,7-11H2;1H. The van der Waals surface area contributed by atoms with Crippen molar-refractivity contribution < 1.29 is 9.72 Å². The molecule has 1 N–H and O–H groups in total. The molecule has 1 aromatic rings. The highest BCUT2D eigenvalue weighted by atomic mass is 35.5. The van der Waals surface area contributed by atoms with Crippen LogP contribution in [-0.4, -0.2) is 41.4 Å². The zero-order chi connectivity index (χ0) is 15.5. The van der Waals surface area contributed by atoms with Crippen LogP contribution in [0.25, 0.3) is 0 Å². The van der Waals surface area contributed by atoms with E-state index in [0.29, 0.717) is 25.0 Å². The van der Waals surface area contributed by atoms with Crippen LogP contribution in [0.15, 0.2) is 24.3 Å². The van der Waals surface area contributed by atoms with E-state index in [0.717, 1.165) is 19.4 Å². The molecule has 0 bridgehead atoms. The van der Waals surface area contributed by atoms with E-state index >= 15 is 0 Å². The van der Waals surface area contributed by atoms with Crippen molar-refractivity contribution in [2.75, 3.05) is 19.6 Å². The van der Waals surface area contributed by atoms with Crippen molar-refractivity contribution in [1.82, 2.24) is 10.2 Å². The summed E-state index contributed by atoms with van der Waals surface area (Å²) in [4.78, 5) is 24.9. The van der Waals surface area contributed by atoms with E-state index in [2.05, 4.69) is 5.32 Å². The molecule has 0 saturated carbocycles. The molecule has 126 valence electrons. The number of benzene rings is 1. The highest BCUT2D eigenvalue weighted by Gasteiger charge is 2.31. The summed E-state index contributed by atoms with van der Waals surface area (Å²) in [6, 6.07) is 6.79. The number of hydrogen-bond acceptors (Lipinski definition) is 4. The van der Waals surface area contributed by atoms with Crippen LogP contribution < -0.4 is 5.32 Å². The van der Waals surface area contributed by atoms with Crippen molar-refractivity contribution in [2.45, 2.75) is 31.7 Å². The van der Waals surface area contributed by atoms with E-state index in [1.54, 1.807) is 23.1 Å². The lowest BCUT2D eigenvalue weighted by Gasteiger charge is -2.34. The first-order chi connectivity index (χ1) is 10.7. The molecule has 1 unspecified atom stereocenters. The van der Waals surface area contributed by atoms with Gasteiger partial charge in [-0.1, -0.05) is 12.1 Å². The number of nitro benzene ring substituents is 1. The second-order valence-corrected chi connectivity index (χ2v) is 6.11. The largest absolute Gasteiger partial charge is 0.338 e. The minimum Gasteiger partial charge on any atom is -0.338 e. The van der Waals surface area contributed by atoms with Crippen molar-refractivity contribution in [3.8, 4) is 0 Å². The van der Waals surface area contributed by atoms with Crippen LogP contribution in [0, 0.1) is 16.0 Å². The minimum atomic E-state index is -0.484. The number of piperidine rings is 1. The van der Waals surface area contributed by atoms with Gasteiger partial charge in [0.15, 0.2) is 0 Å². The minimum absolute atomic E-state index is 0. The van der Waals surface area contributed by atoms with E-state index in [-0.39, 0.29) is 29.6 Å². The number of nitro groups is 1. The highest BCUT2D eigenvalue weighted by molar-refractivity contribution is 5.98. The third-order valence-corrected chi connectivity index (χ3v) is 4.83. The molecule has 3 rings (SSSR count). The molecule has 0 aliphatic carbocycles. The first kappa shape index (κ1) is 17.7. The van der Waals surface area contributed by atoms with Crippen LogP contribution in [0.1, 0.15) is 36.0 Å². The summed E-state index contributed by atoms with van der Waals surface area (Å²) in [6.07, 6.45) is 4.41. The molecular weight excluding hydrogens is 318 g/mol. The average molecular weight is 340 g/mol. The van der Waals surface area contributed by atoms with Crippen LogP contribution in [0.5, 0.6) is 0 Å². The van der Waals surface area contributed by atoms with Gasteiger partial charge in [-0.25, -0.2) is 0 Å². The summed E-state index contributed by atoms with van der Waals surface area (Å²) < 4.78 is 0. The fourth-order valence-electron chi connectivity index (χ4n) is 3.60. The molecule has 1 aromatic carbocycles. The topological polar surface area (TPSA) is 75.5 Å². The molecule has 2 fully saturated rings. The van der Waals surface area contributed by atoms with Crippen molar-refractivity contribution >= 4 is 24.0 Å². The normalized spacial score (nSPS) is 21.7. The third kappa shape index (κ3) is 3.82. The van der Waals surface area contributed by atoms with Crippen LogP contribution in [0.2, 0.25) is 0 Å². The Morgan fingerprint density at radius 1 is 1.22 bits per heavy atom. The van der Waals surface area contributed by atoms with E-state index in [1.165, 1.54) is 18.9 Å². The van der Waals surface area contributed by atoms with E-state index in [1.807, 2.05) is 0 Å². The smallest absolute Gasteiger partial charge is 0.282 e. The molecule has 2 heterocycles. The Morgan fingerprint density at radius 2 is 1.91 bits per heavy atom. The van der Waals surface area contributed by atoms with Gasteiger partial charge < -0.3 is 10.2 Å². The molecule has 7 heteroatoms. The summed E-state index contributed by atoms with van der Waals surface area (Å²) >= 11 is 0. The lowest BCUT2D eigenvalue weighted by molar-refractivity contribution is -0.385. The van der Waals surface area contributed by atoms with E-state index in [9.17, 15) is 14.9 Å². The highest BCUT2D eigenvalue weighted by Crippen LogP contribution is 2.27. The predicted octanol–water partition coefficient (Wildman–Crippen LogP) is 2.62. The van der Waals surface area contributed by atoms with Gasteiger partial charge in [0.1, 0.15) is 5.56 Å². The number of nitrogens with one attached hydrogen (secondary N) is 1. The molecule has 1 amide bonds. The molecule has 2 aliphatic rings. The lowest BCUT2D eigenvalue weighted by Crippen LogP contribution is -2.43. The molecule has 0 aromatic heterocycles. The number of halogens is 1. The summed E-state index contributed by atoms with van der Waals surface area (Å²) in [7, 11) is 0. The number of likely N-dealkylation sites (tertiary alicyclic amines) is 1. The molecule has 0 radical (unpaired) electrons. The Morgan fingerprint density at radius 3 is 2.52 bits per heavy atom. The number of para-hydroxylation sites is 1. The Bertz CT molecular complexity index is 567. The van der Waals surface area contributed by atoms with Gasteiger partial charge in [-0.2, -0.15) is 0 Å². The molecule has 2 aliphatic heterocycles. The van der Waals surface area contributed by atoms with Gasteiger partial charge in [0, 0.05) is 25.2 Å². The number of carbonyl (C=O) groups excluding carboxylic acids is 1. The molecule has 1 atom stereocenters. The van der Waals surface area contributed by atoms with Gasteiger partial charge in [0.05, 0.1) is 4.92 Å². The summed E-state index contributed by atoms with van der Waals surface area (Å²) in [5, 5.41) is 14.6. The number of amides is 1. The van der Waals surface area contributed by atoms with Gasteiger partial charge in [-0.3, -0.25) is 14.9 Å². The molecule has 2 saturated heterocycles. The Hall–Kier alpha value is -1.66. The van der Waals surface area contributed by atoms with Crippen molar-refractivity contribution in [3.05, 3.63) is 39.9 Å². The van der Waals surface area contributed by atoms with Crippen LogP contribution in [0.4, 0.5) is 5.69 Å². The number of hydrogen-bond donors (Lipinski definition) is 1. The Labute approximate surface area is 141 Å². The molecule has 0 spiro atoms. The fraction of sp³-hybridized carbons (Fsp3) is 0.562. The van der Waals surface area contributed by atoms with E-state index in [4.69, 9.17) is 0 Å². The molecule has 6 nitrogen and oxygen atoms in total. The lowest BCUT2D eigenvalue weighted by atomic mass is 9.88. The summed E-state index contributed by atoms with van der Waals surface area (Å²) in [6.45, 7) is 2.47. The van der Waals surface area contributed by atoms with Crippen LogP contribution in [-0.2, 0) is 0 Å². The van der Waals surface area contributed by atoms with Crippen molar-refractivity contribution in [2.24, 2.45) is 5.92 Å². The van der Waals surface area contributed by atoms with Gasteiger partial charge in [-0.05, 0) is 44.2 Å². The second kappa shape index (κ2) is 7.75. The Balaban J connectivity index is 0.00000192. The summed E-state index contributed by atoms with van der Waals surface area (Å²) in [5.41, 5.74) is 0.0945. The number of rotatable bonds is 3. The SMILES string of the molecule is Cl.O=C(c1ccccc1[N+](=O)[O-])N1CCC(C2CCCN2)CC1. The van der Waals surface area contributed by atoms with Crippen LogP contribution in [0.3, 0.4) is 0 Å². The zero-order valence-corrected chi connectivity index (χ0v) is 13.8. The van der Waals surface area contributed by atoms with Crippen molar-refractivity contribution in [3.63, 3.8) is 0 Å². The monoisotopic (exact) mass is 339 g/mol. The predicted molar refractivity (Wildman–Crippen MR) is 90.0 cm³/mol. The van der Waals surface area contributed by atoms with Crippen LogP contribution >= 0.6 is 12.4 Å². The summed E-state index contributed by atoms with van der Waals surface area (Å²) in [5.74, 6) is 0.405. The first-order valence-corrected chi connectivity index (χ1v) is 7.93. The second-order valence-electron chi connectivity index (χ2n) is 6.11. The maximum atomic E-state index is 12.6. The maximum Gasteiger partial charge on any atom is 0.282 e. The third-order valence-electron chi connectivity index (χ3n) is 4.83. The average Bonchev–Trinajstić information content (AvgIpc) is 3.09. The van der Waals surface area contributed by atoms with Gasteiger partial charge in [0.2, 0.25) is 0 Å². The Kier molecular flexibility index (Phi) is 5.96. The van der Waals surface area contributed by atoms with E-state index < -0.39 is 4.92 Å². The fourth-order valence-corrected chi connectivity index (χ4v) is 3.60. The van der Waals surface area contributed by atoms with Gasteiger partial charge >= 0.3 is 0 Å². The number of carbonyl (C=O) groups is 1. The molecule has 23 heavy (non-hydrogen) atoms.